The number of hydrogen-bond donors (Lipinski definition) is 1. The van der Waals surface area contributed by atoms with Crippen LogP contribution in [0, 0.1) is 5.92 Å². The number of ether oxygens (including phenoxy) is 1. The van der Waals surface area contributed by atoms with Crippen LogP contribution >= 0.6 is 23.2 Å². The van der Waals surface area contributed by atoms with E-state index in [1.807, 2.05) is 0 Å². The van der Waals surface area contributed by atoms with Gasteiger partial charge in [0.25, 0.3) is 11.6 Å². The fraction of sp³-hybridized carbons (Fsp3) is 0.542. The molecular weight excluding hydrogens is 552 g/mol. The minimum Gasteiger partial charge on any atom is -0.481 e. The minimum atomic E-state index is -4.94. The number of ketones is 1. The summed E-state index contributed by atoms with van der Waals surface area (Å²) in [7, 11) is 1.37. The molecule has 1 N–H and O–H groups in total. The molecule has 0 atom stereocenters. The number of Topliss-reactive ketones (excluding diaryl/α,β-unsaturated/α-hetero) is 1. The summed E-state index contributed by atoms with van der Waals surface area (Å²) in [4.78, 5) is 42.7. The largest absolute Gasteiger partial charge is 0.481 e. The van der Waals surface area contributed by atoms with Crippen LogP contribution in [0.4, 0.5) is 13.2 Å². The normalized spacial score (nSPS) is 18.5. The first-order valence-electron chi connectivity index (χ1n) is 11.7. The van der Waals surface area contributed by atoms with Crippen LogP contribution in [0.15, 0.2) is 23.7 Å². The predicted molar refractivity (Wildman–Crippen MR) is 132 cm³/mol. The van der Waals surface area contributed by atoms with Crippen molar-refractivity contribution in [3.8, 4) is 0 Å². The molecule has 1 fully saturated rings. The van der Waals surface area contributed by atoms with Crippen molar-refractivity contribution in [3.63, 3.8) is 0 Å². The lowest BCUT2D eigenvalue weighted by Gasteiger charge is -2.32. The summed E-state index contributed by atoms with van der Waals surface area (Å²) in [5.41, 5.74) is 1.28. The minimum absolute atomic E-state index is 0.0634. The number of rotatable bonds is 8. The topological polar surface area (TPSA) is 114 Å². The maximum absolute atomic E-state index is 14.3. The number of carbonyl (C=O) groups is 3. The van der Waals surface area contributed by atoms with Gasteiger partial charge in [-0.05, 0) is 33.2 Å². The van der Waals surface area contributed by atoms with Gasteiger partial charge in [0.15, 0.2) is 11.5 Å². The molecule has 1 aromatic heterocycles. The van der Waals surface area contributed by atoms with Crippen molar-refractivity contribution in [2.45, 2.75) is 51.3 Å². The molecule has 1 saturated carbocycles. The molecule has 0 aromatic carbocycles. The zero-order chi connectivity index (χ0) is 28.4. The Hall–Kier alpha value is -2.70. The second-order valence-electron chi connectivity index (χ2n) is 9.64. The smallest absolute Gasteiger partial charge is 0.477 e. The van der Waals surface area contributed by atoms with Crippen LogP contribution in [-0.4, -0.2) is 81.6 Å². The summed E-state index contributed by atoms with van der Waals surface area (Å²) in [5, 5.41) is 9.08. The monoisotopic (exact) mass is 578 g/mol. The Morgan fingerprint density at radius 2 is 1.76 bits per heavy atom. The highest BCUT2D eigenvalue weighted by Crippen LogP contribution is 2.38. The summed E-state index contributed by atoms with van der Waals surface area (Å²) in [6.45, 7) is 1.82. The molecule has 1 aromatic rings. The number of aromatic nitrogens is 1. The molecule has 3 rings (SSSR count). The van der Waals surface area contributed by atoms with E-state index in [0.29, 0.717) is 0 Å². The van der Waals surface area contributed by atoms with Gasteiger partial charge >= 0.3 is 12.1 Å². The third-order valence-electron chi connectivity index (χ3n) is 6.48. The molecule has 0 spiro atoms. The van der Waals surface area contributed by atoms with Gasteiger partial charge in [0, 0.05) is 38.9 Å². The Balaban J connectivity index is 2.02. The summed E-state index contributed by atoms with van der Waals surface area (Å²) < 4.78 is 49.0. The maximum atomic E-state index is 14.3. The number of carboxylic acids is 1. The highest BCUT2D eigenvalue weighted by molar-refractivity contribution is 6.39. The SMILES string of the molecule is COC(C)(C)CN(CC(=O)c1c(Cl)cncc1Cl)C(=O)C1=C(C(F)(F)F)[N+](=C2CCC(C(=O)O)CC2)[N-]C1. The summed E-state index contributed by atoms with van der Waals surface area (Å²) in [5.74, 6) is -3.38. The zero-order valence-electron chi connectivity index (χ0n) is 20.9. The highest BCUT2D eigenvalue weighted by Gasteiger charge is 2.49. The molecule has 1 aliphatic heterocycles. The van der Waals surface area contributed by atoms with Gasteiger partial charge in [0.05, 0.1) is 39.2 Å². The van der Waals surface area contributed by atoms with Crippen LogP contribution in [0.25, 0.3) is 5.43 Å². The Morgan fingerprint density at radius 1 is 1.18 bits per heavy atom. The standard InChI is InChI=1S/C24H27Cl2F3N4O5/c1-23(2,38-3)12-32(11-18(34)19-16(25)9-30-10-17(19)26)21(35)15-8-31-33(20(15)24(27,28)29)14-6-4-13(5-7-14)22(36)37/h9-10,13H,4-8,11-12H2,1-3H3,(H,36,37). The van der Waals surface area contributed by atoms with E-state index in [2.05, 4.69) is 10.4 Å². The van der Waals surface area contributed by atoms with Crippen LogP contribution in [0.5, 0.6) is 0 Å². The van der Waals surface area contributed by atoms with E-state index in [-0.39, 0.29) is 53.5 Å². The summed E-state index contributed by atoms with van der Waals surface area (Å²) in [6.07, 6.45) is -2.02. The molecule has 38 heavy (non-hydrogen) atoms. The molecule has 2 aliphatic rings. The lowest BCUT2D eigenvalue weighted by molar-refractivity contribution is -0.453. The van der Waals surface area contributed by atoms with Gasteiger partial charge in [-0.3, -0.25) is 19.4 Å². The van der Waals surface area contributed by atoms with Crippen LogP contribution in [0.3, 0.4) is 0 Å². The van der Waals surface area contributed by atoms with Crippen LogP contribution in [-0.2, 0) is 14.3 Å². The van der Waals surface area contributed by atoms with E-state index < -0.39 is 59.7 Å². The van der Waals surface area contributed by atoms with Crippen molar-refractivity contribution in [1.29, 1.82) is 0 Å². The van der Waals surface area contributed by atoms with Crippen molar-refractivity contribution in [1.82, 2.24) is 9.88 Å². The average Bonchev–Trinajstić information content (AvgIpc) is 3.29. The molecule has 14 heteroatoms. The number of pyridine rings is 1. The van der Waals surface area contributed by atoms with Gasteiger partial charge in [0.1, 0.15) is 0 Å². The molecule has 0 saturated heterocycles. The Morgan fingerprint density at radius 3 is 2.26 bits per heavy atom. The molecule has 0 bridgehead atoms. The van der Waals surface area contributed by atoms with Gasteiger partial charge in [-0.25, -0.2) is 4.68 Å². The van der Waals surface area contributed by atoms with E-state index in [9.17, 15) is 32.7 Å². The maximum Gasteiger partial charge on any atom is 0.477 e. The molecule has 0 unspecified atom stereocenters. The van der Waals surface area contributed by atoms with E-state index in [1.165, 1.54) is 19.5 Å². The van der Waals surface area contributed by atoms with Crippen LogP contribution in [0.1, 0.15) is 49.9 Å². The Labute approximate surface area is 227 Å². The number of nitrogens with zero attached hydrogens (tertiary/aromatic N) is 4. The van der Waals surface area contributed by atoms with Crippen molar-refractivity contribution in [2.24, 2.45) is 5.92 Å². The second-order valence-corrected chi connectivity index (χ2v) is 10.5. The quantitative estimate of drug-likeness (QED) is 0.354. The van der Waals surface area contributed by atoms with E-state index >= 15 is 0 Å². The average molecular weight is 579 g/mol. The van der Waals surface area contributed by atoms with Gasteiger partial charge in [0.2, 0.25) is 0 Å². The molecule has 9 nitrogen and oxygen atoms in total. The third-order valence-corrected chi connectivity index (χ3v) is 7.06. The van der Waals surface area contributed by atoms with Gasteiger partial charge < -0.3 is 20.2 Å². The lowest BCUT2D eigenvalue weighted by Crippen LogP contribution is -2.46. The molecule has 2 heterocycles. The Kier molecular flexibility index (Phi) is 9.10. The number of halogens is 5. The first-order valence-corrected chi connectivity index (χ1v) is 12.4. The Bertz CT molecular complexity index is 1170. The third kappa shape index (κ3) is 6.65. The molecular formula is C24H27Cl2F3N4O5. The number of amides is 1. The molecule has 1 aliphatic carbocycles. The highest BCUT2D eigenvalue weighted by atomic mass is 35.5. The van der Waals surface area contributed by atoms with Gasteiger partial charge in [-0.15, -0.1) is 0 Å². The summed E-state index contributed by atoms with van der Waals surface area (Å²) >= 11 is 12.2. The van der Waals surface area contributed by atoms with Crippen LogP contribution < -0.4 is 0 Å². The molecule has 0 radical (unpaired) electrons. The first kappa shape index (κ1) is 29.9. The number of aliphatic carboxylic acids is 1. The molecule has 1 amide bonds. The number of methoxy groups -OCH3 is 1. The summed E-state index contributed by atoms with van der Waals surface area (Å²) in [6, 6.07) is 0. The zero-order valence-corrected chi connectivity index (χ0v) is 22.5. The van der Waals surface area contributed by atoms with Crippen LogP contribution in [0.2, 0.25) is 10.0 Å². The van der Waals surface area contributed by atoms with Crippen molar-refractivity contribution >= 4 is 46.6 Å². The van der Waals surface area contributed by atoms with Gasteiger partial charge in [-0.1, -0.05) is 23.2 Å². The fourth-order valence-electron chi connectivity index (χ4n) is 4.39. The lowest BCUT2D eigenvalue weighted by atomic mass is 9.88. The van der Waals surface area contributed by atoms with Crippen molar-refractivity contribution < 1.29 is 42.1 Å². The van der Waals surface area contributed by atoms with Crippen molar-refractivity contribution in [3.05, 3.63) is 44.7 Å². The van der Waals surface area contributed by atoms with E-state index in [0.717, 1.165) is 9.58 Å². The first-order chi connectivity index (χ1) is 17.7. The number of allylic oxidation sites excluding steroid dienone is 1. The number of carbonyl (C=O) groups excluding carboxylic acids is 2. The number of alkyl halides is 3. The second kappa shape index (κ2) is 11.6. The molecule has 208 valence electrons. The van der Waals surface area contributed by atoms with E-state index in [1.54, 1.807) is 13.8 Å². The fourth-order valence-corrected chi connectivity index (χ4v) is 4.96. The predicted octanol–water partition coefficient (Wildman–Crippen LogP) is 4.67. The van der Waals surface area contributed by atoms with E-state index in [4.69, 9.17) is 27.9 Å². The van der Waals surface area contributed by atoms with Gasteiger partial charge in [-0.2, -0.15) is 13.2 Å². The number of hydrogen-bond acceptors (Lipinski definition) is 5. The van der Waals surface area contributed by atoms with Crippen molar-refractivity contribution in [2.75, 3.05) is 26.7 Å². The number of carboxylic acid groups (broad SMARTS) is 1.